The smallest absolute Gasteiger partial charge is 0.258 e. The first kappa shape index (κ1) is 13.8. The Balaban J connectivity index is 2.98. The van der Waals surface area contributed by atoms with Gasteiger partial charge in [0.25, 0.3) is 5.91 Å². The summed E-state index contributed by atoms with van der Waals surface area (Å²) in [6, 6.07) is 5.46. The lowest BCUT2D eigenvalue weighted by Crippen LogP contribution is -2.33. The minimum atomic E-state index is -0.648. The fraction of sp³-hybridized carbons (Fsp3) is 0.417. The highest BCUT2D eigenvalue weighted by molar-refractivity contribution is 6.32. The summed E-state index contributed by atoms with van der Waals surface area (Å²) >= 11 is 6.07. The molecule has 0 aliphatic heterocycles. The lowest BCUT2D eigenvalue weighted by atomic mass is 10.2. The fourth-order valence-corrected chi connectivity index (χ4v) is 1.74. The van der Waals surface area contributed by atoms with Gasteiger partial charge in [-0.25, -0.2) is 0 Å². The predicted molar refractivity (Wildman–Crippen MR) is 68.1 cm³/mol. The molecule has 1 aromatic carbocycles. The van der Waals surface area contributed by atoms with Crippen LogP contribution in [0.3, 0.4) is 0 Å². The van der Waals surface area contributed by atoms with Gasteiger partial charge in [-0.2, -0.15) is 0 Å². The van der Waals surface area contributed by atoms with Crippen molar-refractivity contribution in [3.05, 3.63) is 28.8 Å². The highest BCUT2D eigenvalue weighted by Crippen LogP contribution is 2.29. The summed E-state index contributed by atoms with van der Waals surface area (Å²) in [6.45, 7) is 2.45. The first-order valence-corrected chi connectivity index (χ1v) is 5.85. The molecule has 1 amide bonds. The van der Waals surface area contributed by atoms with Crippen LogP contribution in [0.5, 0.6) is 5.75 Å². The Bertz CT molecular complexity index is 396. The molecule has 5 heteroatoms. The van der Waals surface area contributed by atoms with E-state index >= 15 is 0 Å². The number of primary amides is 1. The van der Waals surface area contributed by atoms with Crippen LogP contribution < -0.4 is 15.8 Å². The van der Waals surface area contributed by atoms with E-state index in [0.717, 1.165) is 5.56 Å². The van der Waals surface area contributed by atoms with Crippen molar-refractivity contribution < 1.29 is 9.53 Å². The van der Waals surface area contributed by atoms with Gasteiger partial charge in [0, 0.05) is 12.1 Å². The van der Waals surface area contributed by atoms with Gasteiger partial charge in [0.1, 0.15) is 5.75 Å². The predicted octanol–water partition coefficient (Wildman–Crippen LogP) is 1.70. The Hall–Kier alpha value is -1.26. The minimum Gasteiger partial charge on any atom is -0.479 e. The maximum atomic E-state index is 11.2. The van der Waals surface area contributed by atoms with Crippen molar-refractivity contribution in [3.8, 4) is 5.75 Å². The van der Waals surface area contributed by atoms with E-state index in [4.69, 9.17) is 22.1 Å². The SMILES string of the molecule is CCC(Oc1c(Cl)cccc1CNC)C(N)=O. The number of halogens is 1. The molecule has 3 N–H and O–H groups in total. The lowest BCUT2D eigenvalue weighted by molar-refractivity contribution is -0.124. The van der Waals surface area contributed by atoms with Crippen LogP contribution in [0, 0.1) is 0 Å². The number of nitrogens with one attached hydrogen (secondary N) is 1. The van der Waals surface area contributed by atoms with Gasteiger partial charge in [-0.15, -0.1) is 0 Å². The van der Waals surface area contributed by atoms with Crippen molar-refractivity contribution >= 4 is 17.5 Å². The summed E-state index contributed by atoms with van der Waals surface area (Å²) < 4.78 is 5.59. The summed E-state index contributed by atoms with van der Waals surface area (Å²) in [4.78, 5) is 11.2. The number of hydrogen-bond acceptors (Lipinski definition) is 3. The summed E-state index contributed by atoms with van der Waals surface area (Å²) in [5.74, 6) is 0.0389. The first-order valence-electron chi connectivity index (χ1n) is 5.48. The number of benzene rings is 1. The maximum Gasteiger partial charge on any atom is 0.258 e. The Morgan fingerprint density at radius 2 is 2.29 bits per heavy atom. The van der Waals surface area contributed by atoms with Gasteiger partial charge in [0.2, 0.25) is 0 Å². The second kappa shape index (κ2) is 6.47. The summed E-state index contributed by atoms with van der Waals surface area (Å²) in [5.41, 5.74) is 6.15. The molecule has 1 unspecified atom stereocenters. The van der Waals surface area contributed by atoms with Gasteiger partial charge in [-0.3, -0.25) is 4.79 Å². The Morgan fingerprint density at radius 3 is 2.82 bits per heavy atom. The number of carbonyl (C=O) groups excluding carboxylic acids is 1. The zero-order chi connectivity index (χ0) is 12.8. The minimum absolute atomic E-state index is 0.483. The van der Waals surface area contributed by atoms with Crippen LogP contribution in [-0.4, -0.2) is 19.1 Å². The van der Waals surface area contributed by atoms with Gasteiger partial charge in [0.05, 0.1) is 5.02 Å². The van der Waals surface area contributed by atoms with Gasteiger partial charge >= 0.3 is 0 Å². The molecule has 0 spiro atoms. The molecule has 1 aromatic rings. The molecule has 0 saturated heterocycles. The zero-order valence-corrected chi connectivity index (χ0v) is 10.8. The molecule has 0 aliphatic carbocycles. The monoisotopic (exact) mass is 256 g/mol. The van der Waals surface area contributed by atoms with E-state index < -0.39 is 12.0 Å². The number of carbonyl (C=O) groups is 1. The highest BCUT2D eigenvalue weighted by Gasteiger charge is 2.18. The molecule has 0 heterocycles. The van der Waals surface area contributed by atoms with E-state index in [9.17, 15) is 4.79 Å². The van der Waals surface area contributed by atoms with Gasteiger partial charge in [0.15, 0.2) is 6.10 Å². The molecule has 0 bridgehead atoms. The highest BCUT2D eigenvalue weighted by atomic mass is 35.5. The quantitative estimate of drug-likeness (QED) is 0.814. The van der Waals surface area contributed by atoms with E-state index in [1.807, 2.05) is 26.1 Å². The number of hydrogen-bond donors (Lipinski definition) is 2. The Labute approximate surface area is 106 Å². The third-order valence-electron chi connectivity index (χ3n) is 2.36. The summed E-state index contributed by atoms with van der Waals surface area (Å²) in [5, 5.41) is 3.50. The fourth-order valence-electron chi connectivity index (χ4n) is 1.50. The molecule has 0 saturated carbocycles. The van der Waals surface area contributed by atoms with Crippen LogP contribution in [0.2, 0.25) is 5.02 Å². The molecule has 0 aromatic heterocycles. The van der Waals surface area contributed by atoms with Crippen LogP contribution >= 0.6 is 11.6 Å². The van der Waals surface area contributed by atoms with E-state index in [1.165, 1.54) is 0 Å². The molecule has 1 rings (SSSR count). The Morgan fingerprint density at radius 1 is 1.59 bits per heavy atom. The number of amides is 1. The molecule has 4 nitrogen and oxygen atoms in total. The average molecular weight is 257 g/mol. The first-order chi connectivity index (χ1) is 8.10. The molecule has 0 radical (unpaired) electrons. The summed E-state index contributed by atoms with van der Waals surface area (Å²) in [6.07, 6.45) is -0.134. The molecular formula is C12H17ClN2O2. The second-order valence-corrected chi connectivity index (χ2v) is 4.08. The van der Waals surface area contributed by atoms with Crippen LogP contribution in [0.25, 0.3) is 0 Å². The van der Waals surface area contributed by atoms with E-state index in [-0.39, 0.29) is 0 Å². The van der Waals surface area contributed by atoms with Crippen molar-refractivity contribution in [1.29, 1.82) is 0 Å². The molecule has 0 aliphatic rings. The molecule has 94 valence electrons. The van der Waals surface area contributed by atoms with Crippen LogP contribution in [0.1, 0.15) is 18.9 Å². The van der Waals surface area contributed by atoms with Gasteiger partial charge in [-0.1, -0.05) is 30.7 Å². The van der Waals surface area contributed by atoms with Crippen molar-refractivity contribution in [2.45, 2.75) is 26.0 Å². The van der Waals surface area contributed by atoms with Gasteiger partial charge in [-0.05, 0) is 19.5 Å². The normalized spacial score (nSPS) is 12.2. The largest absolute Gasteiger partial charge is 0.479 e. The molecule has 0 fully saturated rings. The van der Waals surface area contributed by atoms with Crippen molar-refractivity contribution in [3.63, 3.8) is 0 Å². The van der Waals surface area contributed by atoms with Crippen LogP contribution in [0.15, 0.2) is 18.2 Å². The number of rotatable bonds is 6. The molecule has 1 atom stereocenters. The maximum absolute atomic E-state index is 11.2. The van der Waals surface area contributed by atoms with Crippen LogP contribution in [-0.2, 0) is 11.3 Å². The lowest BCUT2D eigenvalue weighted by Gasteiger charge is -2.18. The number of para-hydroxylation sites is 1. The summed E-state index contributed by atoms with van der Waals surface area (Å²) in [7, 11) is 1.83. The second-order valence-electron chi connectivity index (χ2n) is 3.68. The van der Waals surface area contributed by atoms with E-state index in [0.29, 0.717) is 23.7 Å². The molecule has 17 heavy (non-hydrogen) atoms. The standard InChI is InChI=1S/C12H17ClN2O2/c1-3-10(12(14)16)17-11-8(7-15-2)5-4-6-9(11)13/h4-6,10,15H,3,7H2,1-2H3,(H2,14,16). The third-order valence-corrected chi connectivity index (χ3v) is 2.66. The third kappa shape index (κ3) is 3.61. The van der Waals surface area contributed by atoms with Crippen molar-refractivity contribution in [1.82, 2.24) is 5.32 Å². The topological polar surface area (TPSA) is 64.3 Å². The van der Waals surface area contributed by atoms with E-state index in [1.54, 1.807) is 6.07 Å². The Kier molecular flexibility index (Phi) is 5.25. The van der Waals surface area contributed by atoms with Gasteiger partial charge < -0.3 is 15.8 Å². The zero-order valence-electron chi connectivity index (χ0n) is 10.00. The average Bonchev–Trinajstić information content (AvgIpc) is 2.28. The van der Waals surface area contributed by atoms with Crippen molar-refractivity contribution in [2.24, 2.45) is 5.73 Å². The molecular weight excluding hydrogens is 240 g/mol. The van der Waals surface area contributed by atoms with E-state index in [2.05, 4.69) is 5.32 Å². The van der Waals surface area contributed by atoms with Crippen molar-refractivity contribution in [2.75, 3.05) is 7.05 Å². The van der Waals surface area contributed by atoms with Crippen LogP contribution in [0.4, 0.5) is 0 Å². The number of ether oxygens (including phenoxy) is 1. The number of nitrogens with two attached hydrogens (primary N) is 1.